The number of anilines is 2. The third kappa shape index (κ3) is 4.54. The zero-order chi connectivity index (χ0) is 25.6. The lowest BCUT2D eigenvalue weighted by Crippen LogP contribution is -2.51. The molecule has 2 atom stereocenters. The highest BCUT2D eigenvalue weighted by Gasteiger charge is 2.48. The highest BCUT2D eigenvalue weighted by atomic mass is 16.1. The van der Waals surface area contributed by atoms with E-state index in [-0.39, 0.29) is 11.8 Å². The van der Waals surface area contributed by atoms with E-state index < -0.39 is 0 Å². The summed E-state index contributed by atoms with van der Waals surface area (Å²) in [7, 11) is 0. The second kappa shape index (κ2) is 9.91. The number of rotatable bonds is 6. The van der Waals surface area contributed by atoms with Gasteiger partial charge in [0.1, 0.15) is 5.82 Å². The molecule has 1 heterocycles. The fraction of sp³-hybridized carbons (Fsp3) is 0.515. The molecule has 5 fully saturated rings. The van der Waals surface area contributed by atoms with Crippen LogP contribution in [0.5, 0.6) is 0 Å². The Morgan fingerprint density at radius 1 is 0.895 bits per heavy atom. The van der Waals surface area contributed by atoms with Gasteiger partial charge in [-0.3, -0.25) is 4.79 Å². The zero-order valence-corrected chi connectivity index (χ0v) is 22.5. The van der Waals surface area contributed by atoms with E-state index in [4.69, 9.17) is 4.98 Å². The van der Waals surface area contributed by atoms with Gasteiger partial charge in [-0.15, -0.1) is 0 Å². The Kier molecular flexibility index (Phi) is 6.25. The number of para-hydroxylation sites is 1. The first-order valence-electron chi connectivity index (χ1n) is 14.9. The molecule has 0 radical (unpaired) electrons. The second-order valence-electron chi connectivity index (χ2n) is 12.7. The summed E-state index contributed by atoms with van der Waals surface area (Å²) in [6, 6.07) is 17.3. The number of aromatic nitrogens is 2. The molecule has 0 saturated heterocycles. The monoisotopic (exact) mass is 508 g/mol. The molecule has 38 heavy (non-hydrogen) atoms. The minimum absolute atomic E-state index is 0.128. The third-order valence-corrected chi connectivity index (χ3v) is 10.2. The molecule has 0 aliphatic heterocycles. The van der Waals surface area contributed by atoms with E-state index in [1.165, 1.54) is 49.8 Å². The van der Waals surface area contributed by atoms with Crippen LogP contribution in [0.3, 0.4) is 0 Å². The van der Waals surface area contributed by atoms with E-state index in [1.807, 2.05) is 30.5 Å². The van der Waals surface area contributed by atoms with Crippen LogP contribution < -0.4 is 10.6 Å². The van der Waals surface area contributed by atoms with Gasteiger partial charge >= 0.3 is 0 Å². The van der Waals surface area contributed by atoms with Gasteiger partial charge in [0.25, 0.3) is 0 Å². The largest absolute Gasteiger partial charge is 0.381 e. The van der Waals surface area contributed by atoms with Gasteiger partial charge in [-0.05, 0) is 105 Å². The molecular formula is C33H40N4O. The van der Waals surface area contributed by atoms with Crippen molar-refractivity contribution in [1.82, 2.24) is 9.97 Å². The summed E-state index contributed by atoms with van der Waals surface area (Å²) in [5, 5.41) is 7.15. The van der Waals surface area contributed by atoms with E-state index in [0.29, 0.717) is 12.0 Å². The molecular weight excluding hydrogens is 468 g/mol. The van der Waals surface area contributed by atoms with Gasteiger partial charge in [-0.25, -0.2) is 4.98 Å². The number of hydrogen-bond donors (Lipinski definition) is 3. The molecule has 5 nitrogen and oxygen atoms in total. The maximum atomic E-state index is 12.8. The van der Waals surface area contributed by atoms with E-state index >= 15 is 0 Å². The lowest BCUT2D eigenvalue weighted by Gasteiger charge is -2.54. The number of aromatic amines is 1. The van der Waals surface area contributed by atoms with Crippen molar-refractivity contribution in [3.63, 3.8) is 0 Å². The van der Waals surface area contributed by atoms with Gasteiger partial charge in [0, 0.05) is 34.5 Å². The Hall–Kier alpha value is -3.08. The molecule has 5 heteroatoms. The fourth-order valence-electron chi connectivity index (χ4n) is 8.44. The summed E-state index contributed by atoms with van der Waals surface area (Å²) in [5.74, 6) is 5.23. The number of H-pyrrole nitrogens is 1. The molecule has 4 bridgehead atoms. The molecule has 3 aromatic rings. The predicted octanol–water partition coefficient (Wildman–Crippen LogP) is 7.75. The van der Waals surface area contributed by atoms with E-state index in [9.17, 15) is 4.79 Å². The first-order chi connectivity index (χ1) is 18.6. The molecule has 1 aromatic heterocycles. The maximum Gasteiger partial charge on any atom is 0.227 e. The van der Waals surface area contributed by atoms with Gasteiger partial charge < -0.3 is 15.6 Å². The lowest BCUT2D eigenvalue weighted by atomic mass is 9.54. The smallest absolute Gasteiger partial charge is 0.227 e. The van der Waals surface area contributed by atoms with Crippen molar-refractivity contribution in [2.24, 2.45) is 35.5 Å². The first kappa shape index (κ1) is 24.0. The lowest BCUT2D eigenvalue weighted by molar-refractivity contribution is -0.122. The number of benzene rings is 2. The van der Waals surface area contributed by atoms with Crippen LogP contribution in [-0.2, 0) is 4.79 Å². The van der Waals surface area contributed by atoms with E-state index in [0.717, 1.165) is 65.7 Å². The number of imidazole rings is 1. The first-order valence-corrected chi connectivity index (χ1v) is 14.9. The summed E-state index contributed by atoms with van der Waals surface area (Å²) < 4.78 is 0. The van der Waals surface area contributed by atoms with Crippen molar-refractivity contribution < 1.29 is 4.79 Å². The highest BCUT2D eigenvalue weighted by Crippen LogP contribution is 2.54. The van der Waals surface area contributed by atoms with Gasteiger partial charge in [-0.1, -0.05) is 38.0 Å². The molecule has 5 saturated carbocycles. The summed E-state index contributed by atoms with van der Waals surface area (Å²) in [4.78, 5) is 21.1. The molecule has 1 amide bonds. The molecule has 0 spiro atoms. The average molecular weight is 509 g/mol. The summed E-state index contributed by atoms with van der Waals surface area (Å²) in [6.45, 7) is 2.21. The number of nitrogens with zero attached hydrogens (tertiary/aromatic N) is 1. The molecule has 5 aliphatic carbocycles. The van der Waals surface area contributed by atoms with E-state index in [1.54, 1.807) is 0 Å². The van der Waals surface area contributed by atoms with Crippen molar-refractivity contribution in [2.75, 3.05) is 10.6 Å². The van der Waals surface area contributed by atoms with Gasteiger partial charge in [0.05, 0.1) is 11.9 Å². The number of amides is 1. The summed E-state index contributed by atoms with van der Waals surface area (Å²) in [5.41, 5.74) is 5.32. The number of nitrogens with one attached hydrogen (secondary N) is 3. The molecule has 8 rings (SSSR count). The third-order valence-electron chi connectivity index (χ3n) is 10.2. The standard InChI is InChI=1S/C33H40N4O/c1-20-6-2-3-7-27(20)33(38)35-26-12-10-23(11-13-26)32-34-19-30(37-32)28-8-4-5-9-29(28)36-31-24-15-21-14-22(17-24)18-25(31)16-21/h4-5,8-13,19-22,24-25,27,31,36H,2-3,6-7,14-18H2,1H3,(H,34,37)(H,35,38). The van der Waals surface area contributed by atoms with Crippen molar-refractivity contribution >= 4 is 17.3 Å². The van der Waals surface area contributed by atoms with Crippen LogP contribution in [0.4, 0.5) is 11.4 Å². The van der Waals surface area contributed by atoms with Crippen LogP contribution in [0.2, 0.25) is 0 Å². The Labute approximate surface area is 226 Å². The Morgan fingerprint density at radius 3 is 2.34 bits per heavy atom. The van der Waals surface area contributed by atoms with Gasteiger partial charge in [0.15, 0.2) is 0 Å². The Balaban J connectivity index is 1.05. The number of hydrogen-bond acceptors (Lipinski definition) is 3. The molecule has 2 unspecified atom stereocenters. The number of carbonyl (C=O) groups is 1. The Morgan fingerprint density at radius 2 is 1.61 bits per heavy atom. The molecule has 3 N–H and O–H groups in total. The van der Waals surface area contributed by atoms with Crippen LogP contribution in [0.1, 0.15) is 64.7 Å². The number of carbonyl (C=O) groups excluding carboxylic acids is 1. The van der Waals surface area contributed by atoms with Crippen molar-refractivity contribution in [3.05, 3.63) is 54.7 Å². The van der Waals surface area contributed by atoms with Crippen molar-refractivity contribution in [2.45, 2.75) is 70.8 Å². The van der Waals surface area contributed by atoms with Crippen LogP contribution >= 0.6 is 0 Å². The molecule has 2 aromatic carbocycles. The molecule has 5 aliphatic rings. The van der Waals surface area contributed by atoms with E-state index in [2.05, 4.69) is 46.8 Å². The van der Waals surface area contributed by atoms with Crippen molar-refractivity contribution in [3.8, 4) is 22.6 Å². The quantitative estimate of drug-likeness (QED) is 0.319. The van der Waals surface area contributed by atoms with Gasteiger partial charge in [-0.2, -0.15) is 0 Å². The topological polar surface area (TPSA) is 69.8 Å². The predicted molar refractivity (Wildman–Crippen MR) is 154 cm³/mol. The van der Waals surface area contributed by atoms with Crippen LogP contribution in [-0.4, -0.2) is 21.9 Å². The zero-order valence-electron chi connectivity index (χ0n) is 22.5. The van der Waals surface area contributed by atoms with Gasteiger partial charge in [0.2, 0.25) is 5.91 Å². The SMILES string of the molecule is CC1CCCCC1C(=O)Nc1ccc(-c2ncc(-c3ccccc3NC3C4CC5CC(C4)CC3C5)[nH]2)cc1. The van der Waals surface area contributed by atoms with Crippen LogP contribution in [0, 0.1) is 35.5 Å². The summed E-state index contributed by atoms with van der Waals surface area (Å²) in [6.07, 6.45) is 13.6. The Bertz CT molecular complexity index is 1270. The maximum absolute atomic E-state index is 12.8. The minimum atomic E-state index is 0.128. The van der Waals surface area contributed by atoms with Crippen LogP contribution in [0.25, 0.3) is 22.6 Å². The second-order valence-corrected chi connectivity index (χ2v) is 12.7. The van der Waals surface area contributed by atoms with Crippen molar-refractivity contribution in [1.29, 1.82) is 0 Å². The minimum Gasteiger partial charge on any atom is -0.381 e. The highest BCUT2D eigenvalue weighted by molar-refractivity contribution is 5.93. The van der Waals surface area contributed by atoms with Crippen LogP contribution in [0.15, 0.2) is 54.7 Å². The average Bonchev–Trinajstić information content (AvgIpc) is 3.41. The summed E-state index contributed by atoms with van der Waals surface area (Å²) >= 11 is 0. The fourth-order valence-corrected chi connectivity index (χ4v) is 8.44. The molecule has 198 valence electrons. The normalized spacial score (nSPS) is 31.8.